The third kappa shape index (κ3) is 3.54. The van der Waals surface area contributed by atoms with Gasteiger partial charge in [-0.2, -0.15) is 0 Å². The van der Waals surface area contributed by atoms with Crippen LogP contribution in [-0.4, -0.2) is 55.8 Å². The van der Waals surface area contributed by atoms with Gasteiger partial charge in [-0.15, -0.1) is 0 Å². The van der Waals surface area contributed by atoms with E-state index in [0.29, 0.717) is 11.6 Å². The number of nitrogens with zero attached hydrogens (tertiary/aromatic N) is 3. The Hall–Kier alpha value is -1.02. The number of aromatic nitrogens is 2. The van der Waals surface area contributed by atoms with Gasteiger partial charge in [-0.1, -0.05) is 11.8 Å². The molecule has 1 aromatic heterocycles. The molecular weight excluding hydrogens is 296 g/mol. The Kier molecular flexibility index (Phi) is 4.74. The van der Waals surface area contributed by atoms with Crippen molar-refractivity contribution in [1.29, 1.82) is 0 Å². The van der Waals surface area contributed by atoms with Gasteiger partial charge < -0.3 is 10.2 Å². The zero-order valence-corrected chi connectivity index (χ0v) is 13.6. The average molecular weight is 316 g/mol. The van der Waals surface area contributed by atoms with Gasteiger partial charge in [0.2, 0.25) is 0 Å². The molecule has 8 heteroatoms. The van der Waals surface area contributed by atoms with Crippen LogP contribution in [-0.2, 0) is 9.84 Å². The predicted molar refractivity (Wildman–Crippen MR) is 83.4 cm³/mol. The highest BCUT2D eigenvalue weighted by molar-refractivity contribution is 7.98. The largest absolute Gasteiger partial charge is 0.370 e. The molecule has 6 nitrogen and oxygen atoms in total. The van der Waals surface area contributed by atoms with Gasteiger partial charge >= 0.3 is 0 Å². The van der Waals surface area contributed by atoms with Gasteiger partial charge in [0, 0.05) is 25.7 Å². The lowest BCUT2D eigenvalue weighted by atomic mass is 10.2. The number of thioether (sulfide) groups is 1. The van der Waals surface area contributed by atoms with E-state index in [0.717, 1.165) is 18.2 Å². The van der Waals surface area contributed by atoms with E-state index in [9.17, 15) is 8.42 Å². The van der Waals surface area contributed by atoms with Gasteiger partial charge in [0.1, 0.15) is 11.6 Å². The van der Waals surface area contributed by atoms with E-state index in [1.165, 1.54) is 11.8 Å². The van der Waals surface area contributed by atoms with Crippen molar-refractivity contribution in [3.63, 3.8) is 0 Å². The van der Waals surface area contributed by atoms with Crippen LogP contribution in [0, 0.1) is 0 Å². The van der Waals surface area contributed by atoms with Gasteiger partial charge in [-0.05, 0) is 19.6 Å². The summed E-state index contributed by atoms with van der Waals surface area (Å²) in [6.07, 6.45) is 2.59. The molecule has 1 fully saturated rings. The number of sulfone groups is 1. The Morgan fingerprint density at radius 2 is 2.25 bits per heavy atom. The molecule has 0 bridgehead atoms. The maximum atomic E-state index is 11.6. The molecule has 0 aliphatic carbocycles. The second kappa shape index (κ2) is 6.17. The van der Waals surface area contributed by atoms with Crippen LogP contribution >= 0.6 is 11.8 Å². The van der Waals surface area contributed by atoms with Crippen LogP contribution in [0.4, 0.5) is 11.6 Å². The molecular formula is C12H20N4O2S2. The van der Waals surface area contributed by atoms with Crippen molar-refractivity contribution in [3.05, 3.63) is 6.07 Å². The van der Waals surface area contributed by atoms with E-state index >= 15 is 0 Å². The molecule has 0 radical (unpaired) electrons. The highest BCUT2D eigenvalue weighted by Crippen LogP contribution is 2.25. The molecule has 1 aliphatic heterocycles. The molecule has 20 heavy (non-hydrogen) atoms. The highest BCUT2D eigenvalue weighted by Gasteiger charge is 2.31. The van der Waals surface area contributed by atoms with Crippen LogP contribution in [0.2, 0.25) is 0 Å². The minimum absolute atomic E-state index is 0.000849. The topological polar surface area (TPSA) is 75.2 Å². The van der Waals surface area contributed by atoms with E-state index in [-0.39, 0.29) is 17.5 Å². The molecule has 1 aromatic rings. The summed E-state index contributed by atoms with van der Waals surface area (Å²) in [6, 6.07) is 1.87. The third-order valence-corrected chi connectivity index (χ3v) is 5.65. The molecule has 1 unspecified atom stereocenters. The molecule has 0 saturated carbocycles. The van der Waals surface area contributed by atoms with Crippen molar-refractivity contribution in [3.8, 4) is 0 Å². The summed E-state index contributed by atoms with van der Waals surface area (Å²) in [7, 11) is -0.994. The molecule has 0 aromatic carbocycles. The maximum Gasteiger partial charge on any atom is 0.191 e. The summed E-state index contributed by atoms with van der Waals surface area (Å²) in [5.74, 6) is 2.01. The first kappa shape index (κ1) is 15.4. The van der Waals surface area contributed by atoms with Gasteiger partial charge in [0.25, 0.3) is 0 Å². The lowest BCUT2D eigenvalue weighted by molar-refractivity contribution is 0.600. The molecule has 112 valence electrons. The fourth-order valence-corrected chi connectivity index (χ4v) is 4.37. The normalized spacial score (nSPS) is 20.9. The Labute approximate surface area is 124 Å². The fraction of sp³-hybridized carbons (Fsp3) is 0.667. The molecule has 0 spiro atoms. The molecule has 1 aliphatic rings. The summed E-state index contributed by atoms with van der Waals surface area (Å²) in [4.78, 5) is 10.8. The Balaban J connectivity index is 2.24. The Morgan fingerprint density at radius 3 is 2.80 bits per heavy atom. The maximum absolute atomic E-state index is 11.6. The van der Waals surface area contributed by atoms with Crippen molar-refractivity contribution in [2.45, 2.75) is 24.5 Å². The molecule has 1 atom stereocenters. The van der Waals surface area contributed by atoms with Crippen molar-refractivity contribution < 1.29 is 8.42 Å². The number of hydrogen-bond donors (Lipinski definition) is 1. The van der Waals surface area contributed by atoms with Crippen LogP contribution in [0.25, 0.3) is 0 Å². The van der Waals surface area contributed by atoms with E-state index < -0.39 is 9.84 Å². The summed E-state index contributed by atoms with van der Waals surface area (Å²) < 4.78 is 23.2. The lowest BCUT2D eigenvalue weighted by Gasteiger charge is -2.25. The first-order chi connectivity index (χ1) is 9.45. The average Bonchev–Trinajstić information content (AvgIpc) is 2.78. The fourth-order valence-electron chi connectivity index (χ4n) is 2.22. The quantitative estimate of drug-likeness (QED) is 0.647. The molecule has 0 amide bonds. The molecule has 1 N–H and O–H groups in total. The number of rotatable bonds is 5. The van der Waals surface area contributed by atoms with E-state index in [2.05, 4.69) is 15.3 Å². The van der Waals surface area contributed by atoms with Gasteiger partial charge in [-0.3, -0.25) is 0 Å². The monoisotopic (exact) mass is 316 g/mol. The van der Waals surface area contributed by atoms with Crippen molar-refractivity contribution in [2.75, 3.05) is 41.6 Å². The van der Waals surface area contributed by atoms with E-state index in [1.54, 1.807) is 0 Å². The SMILES string of the molecule is CCNc1cc(N(C)C2CCS(=O)(=O)C2)nc(SC)n1. The van der Waals surface area contributed by atoms with Crippen LogP contribution in [0.3, 0.4) is 0 Å². The Morgan fingerprint density at radius 1 is 1.50 bits per heavy atom. The van der Waals surface area contributed by atoms with Gasteiger partial charge in [-0.25, -0.2) is 18.4 Å². The zero-order chi connectivity index (χ0) is 14.8. The standard InChI is InChI=1S/C12H20N4O2S2/c1-4-13-10-7-11(15-12(14-10)19-3)16(2)9-5-6-20(17,18)8-9/h7,9H,4-6,8H2,1-3H3,(H,13,14,15). The summed E-state index contributed by atoms with van der Waals surface area (Å²) in [6.45, 7) is 2.79. The Bertz CT molecular complexity index is 577. The van der Waals surface area contributed by atoms with Crippen LogP contribution in [0.15, 0.2) is 11.2 Å². The van der Waals surface area contributed by atoms with Crippen LogP contribution < -0.4 is 10.2 Å². The van der Waals surface area contributed by atoms with E-state index in [1.807, 2.05) is 31.2 Å². The number of nitrogens with one attached hydrogen (secondary N) is 1. The van der Waals surface area contributed by atoms with Crippen LogP contribution in [0.1, 0.15) is 13.3 Å². The van der Waals surface area contributed by atoms with Crippen molar-refractivity contribution in [1.82, 2.24) is 9.97 Å². The highest BCUT2D eigenvalue weighted by atomic mass is 32.2. The van der Waals surface area contributed by atoms with Crippen LogP contribution in [0.5, 0.6) is 0 Å². The zero-order valence-electron chi connectivity index (χ0n) is 12.0. The summed E-state index contributed by atoms with van der Waals surface area (Å²) in [5.41, 5.74) is 0. The van der Waals surface area contributed by atoms with Crippen molar-refractivity contribution >= 4 is 33.2 Å². The first-order valence-corrected chi connectivity index (χ1v) is 9.60. The lowest BCUT2D eigenvalue weighted by Crippen LogP contribution is -2.33. The second-order valence-corrected chi connectivity index (χ2v) is 7.80. The van der Waals surface area contributed by atoms with Gasteiger partial charge in [0.15, 0.2) is 15.0 Å². The minimum atomic E-state index is -2.89. The molecule has 1 saturated heterocycles. The van der Waals surface area contributed by atoms with Gasteiger partial charge in [0.05, 0.1) is 11.5 Å². The predicted octanol–water partition coefficient (Wildman–Crippen LogP) is 1.25. The molecule has 2 heterocycles. The minimum Gasteiger partial charge on any atom is -0.370 e. The van der Waals surface area contributed by atoms with E-state index in [4.69, 9.17) is 0 Å². The first-order valence-electron chi connectivity index (χ1n) is 6.55. The summed E-state index contributed by atoms with van der Waals surface area (Å²) in [5, 5.41) is 3.86. The number of anilines is 2. The smallest absolute Gasteiger partial charge is 0.191 e. The number of hydrogen-bond acceptors (Lipinski definition) is 7. The molecule has 2 rings (SSSR count). The third-order valence-electron chi connectivity index (χ3n) is 3.35. The second-order valence-electron chi connectivity index (χ2n) is 4.80. The van der Waals surface area contributed by atoms with Crippen molar-refractivity contribution in [2.24, 2.45) is 0 Å². The summed E-state index contributed by atoms with van der Waals surface area (Å²) >= 11 is 1.48.